The van der Waals surface area contributed by atoms with E-state index < -0.39 is 47.4 Å². The van der Waals surface area contributed by atoms with E-state index in [0.29, 0.717) is 17.5 Å². The number of carbonyl (C=O) groups excluding carboxylic acids is 2. The van der Waals surface area contributed by atoms with Crippen molar-refractivity contribution in [2.75, 3.05) is 6.54 Å². The summed E-state index contributed by atoms with van der Waals surface area (Å²) in [6, 6.07) is 15.4. The maximum absolute atomic E-state index is 14.0. The molecule has 0 unspecified atom stereocenters. The lowest BCUT2D eigenvalue weighted by atomic mass is 9.93. The van der Waals surface area contributed by atoms with Crippen molar-refractivity contribution in [1.82, 2.24) is 4.90 Å². The van der Waals surface area contributed by atoms with Gasteiger partial charge in [-0.25, -0.2) is 4.39 Å². The molecule has 0 bridgehead atoms. The number of fused-ring (bicyclic) bond motifs is 1. The average molecular weight is 529 g/mol. The average Bonchev–Trinajstić information content (AvgIpc) is 3.13. The van der Waals surface area contributed by atoms with E-state index in [1.165, 1.54) is 24.3 Å². The number of hydrogen-bond donors (Lipinski definition) is 2. The van der Waals surface area contributed by atoms with Gasteiger partial charge in [0, 0.05) is 6.54 Å². The third-order valence-electron chi connectivity index (χ3n) is 6.62. The molecule has 198 valence electrons. The van der Waals surface area contributed by atoms with E-state index in [1.54, 1.807) is 24.3 Å². The van der Waals surface area contributed by atoms with Crippen molar-refractivity contribution in [3.05, 3.63) is 94.8 Å². The smallest absolute Gasteiger partial charge is 0.416 e. The number of aliphatic hydroxyl groups excluding tert-OH is 1. The Morgan fingerprint density at radius 2 is 1.47 bits per heavy atom. The summed E-state index contributed by atoms with van der Waals surface area (Å²) in [5.74, 6) is -4.94. The van der Waals surface area contributed by atoms with E-state index in [1.807, 2.05) is 0 Å². The van der Waals surface area contributed by atoms with Gasteiger partial charge < -0.3 is 10.2 Å². The lowest BCUT2D eigenvalue weighted by Gasteiger charge is -2.22. The van der Waals surface area contributed by atoms with Gasteiger partial charge in [0.05, 0.1) is 28.7 Å². The maximum atomic E-state index is 14.0. The van der Waals surface area contributed by atoms with E-state index in [2.05, 4.69) is 0 Å². The summed E-state index contributed by atoms with van der Waals surface area (Å²) >= 11 is 0. The standard InChI is InChI=1S/C28H23F4NO5/c29-22-3-1-2-21-24(22)26(36)33(25(21)35)15-14-20(27(37)38)23(34)13-6-16-4-7-17(8-5-16)18-9-11-19(12-10-18)28(30,31)32/h1-5,7-12,20,23,34H,6,13-15H2,(H,37,38)/t20-,23+/m0/s1. The van der Waals surface area contributed by atoms with Gasteiger partial charge in [0.15, 0.2) is 0 Å². The Morgan fingerprint density at radius 3 is 2.03 bits per heavy atom. The third kappa shape index (κ3) is 5.60. The fourth-order valence-electron chi connectivity index (χ4n) is 4.48. The van der Waals surface area contributed by atoms with Crippen molar-refractivity contribution in [2.24, 2.45) is 5.92 Å². The highest BCUT2D eigenvalue weighted by Crippen LogP contribution is 2.31. The van der Waals surface area contributed by atoms with Crippen LogP contribution in [0.25, 0.3) is 11.1 Å². The van der Waals surface area contributed by atoms with Crippen LogP contribution in [-0.4, -0.2) is 45.5 Å². The minimum Gasteiger partial charge on any atom is -0.481 e. The molecule has 0 saturated carbocycles. The Labute approximate surface area is 215 Å². The molecule has 6 nitrogen and oxygen atoms in total. The number of amides is 2. The third-order valence-corrected chi connectivity index (χ3v) is 6.62. The van der Waals surface area contributed by atoms with Crippen LogP contribution in [0.2, 0.25) is 0 Å². The summed E-state index contributed by atoms with van der Waals surface area (Å²) < 4.78 is 52.3. The number of carboxylic acid groups (broad SMARTS) is 1. The second kappa shape index (κ2) is 10.7. The lowest BCUT2D eigenvalue weighted by molar-refractivity contribution is -0.146. The van der Waals surface area contributed by atoms with Gasteiger partial charge >= 0.3 is 12.1 Å². The summed E-state index contributed by atoms with van der Waals surface area (Å²) in [5.41, 5.74) is 0.911. The molecule has 38 heavy (non-hydrogen) atoms. The van der Waals surface area contributed by atoms with Crippen LogP contribution in [0.5, 0.6) is 0 Å². The van der Waals surface area contributed by atoms with Crippen LogP contribution in [-0.2, 0) is 17.4 Å². The second-order valence-electron chi connectivity index (χ2n) is 9.04. The van der Waals surface area contributed by atoms with Crippen molar-refractivity contribution >= 4 is 17.8 Å². The van der Waals surface area contributed by atoms with Crippen LogP contribution in [0.15, 0.2) is 66.7 Å². The number of aliphatic carboxylic acids is 1. The quantitative estimate of drug-likeness (QED) is 0.294. The minimum atomic E-state index is -4.42. The molecule has 0 aliphatic carbocycles. The van der Waals surface area contributed by atoms with Crippen LogP contribution in [0.1, 0.15) is 44.7 Å². The first-order valence-corrected chi connectivity index (χ1v) is 11.8. The van der Waals surface area contributed by atoms with E-state index in [4.69, 9.17) is 0 Å². The molecule has 0 aromatic heterocycles. The summed E-state index contributed by atoms with van der Waals surface area (Å²) in [4.78, 5) is 37.6. The zero-order valence-electron chi connectivity index (χ0n) is 19.9. The predicted molar refractivity (Wildman–Crippen MR) is 129 cm³/mol. The number of benzene rings is 3. The van der Waals surface area contributed by atoms with Crippen LogP contribution >= 0.6 is 0 Å². The van der Waals surface area contributed by atoms with Gasteiger partial charge in [0.2, 0.25) is 0 Å². The van der Waals surface area contributed by atoms with Gasteiger partial charge in [0.25, 0.3) is 11.8 Å². The molecule has 1 heterocycles. The number of halogens is 4. The molecule has 1 aliphatic rings. The second-order valence-corrected chi connectivity index (χ2v) is 9.04. The molecule has 3 aromatic carbocycles. The van der Waals surface area contributed by atoms with Gasteiger partial charge in [-0.3, -0.25) is 19.3 Å². The SMILES string of the molecule is O=C(O)[C@@H](CCN1C(=O)c2cccc(F)c2C1=O)[C@H](O)CCc1ccc(-c2ccc(C(F)(F)F)cc2)cc1. The first-order valence-electron chi connectivity index (χ1n) is 11.8. The largest absolute Gasteiger partial charge is 0.481 e. The molecule has 4 rings (SSSR count). The molecular weight excluding hydrogens is 506 g/mol. The van der Waals surface area contributed by atoms with Gasteiger partial charge in [-0.05, 0) is 60.2 Å². The maximum Gasteiger partial charge on any atom is 0.416 e. The van der Waals surface area contributed by atoms with Gasteiger partial charge in [0.1, 0.15) is 5.82 Å². The number of alkyl halides is 3. The summed E-state index contributed by atoms with van der Waals surface area (Å²) in [7, 11) is 0. The Bertz CT molecular complexity index is 1350. The zero-order chi connectivity index (χ0) is 27.6. The van der Waals surface area contributed by atoms with Crippen molar-refractivity contribution in [3.8, 4) is 11.1 Å². The number of imide groups is 1. The summed E-state index contributed by atoms with van der Waals surface area (Å²) in [6.07, 6.45) is -5.52. The van der Waals surface area contributed by atoms with Crippen molar-refractivity contribution < 1.29 is 42.2 Å². The molecule has 1 aliphatic heterocycles. The fraction of sp³-hybridized carbons (Fsp3) is 0.250. The number of carboxylic acids is 1. The molecule has 2 N–H and O–H groups in total. The molecule has 0 saturated heterocycles. The summed E-state index contributed by atoms with van der Waals surface area (Å²) in [5, 5.41) is 20.2. The first-order chi connectivity index (χ1) is 18.0. The minimum absolute atomic E-state index is 0.0767. The van der Waals surface area contributed by atoms with Gasteiger partial charge in [-0.1, -0.05) is 42.5 Å². The predicted octanol–water partition coefficient (Wildman–Crippen LogP) is 5.19. The number of rotatable bonds is 9. The molecular formula is C28H23F4NO5. The lowest BCUT2D eigenvalue weighted by Crippen LogP contribution is -2.36. The Balaban J connectivity index is 1.35. The molecule has 0 fully saturated rings. The zero-order valence-corrected chi connectivity index (χ0v) is 19.9. The van der Waals surface area contributed by atoms with E-state index >= 15 is 0 Å². The monoisotopic (exact) mass is 529 g/mol. The highest BCUT2D eigenvalue weighted by atomic mass is 19.4. The molecule has 2 atom stereocenters. The number of nitrogens with zero attached hydrogens (tertiary/aromatic N) is 1. The molecule has 10 heteroatoms. The fourth-order valence-corrected chi connectivity index (χ4v) is 4.48. The van der Waals surface area contributed by atoms with Crippen LogP contribution in [0.4, 0.5) is 17.6 Å². The Hall–Kier alpha value is -4.05. The van der Waals surface area contributed by atoms with Crippen LogP contribution < -0.4 is 0 Å². The van der Waals surface area contributed by atoms with Crippen LogP contribution in [0.3, 0.4) is 0 Å². The number of aryl methyl sites for hydroxylation is 1. The normalized spacial score (nSPS) is 14.9. The number of aliphatic hydroxyl groups is 1. The molecule has 0 radical (unpaired) electrons. The Kier molecular flexibility index (Phi) is 7.63. The van der Waals surface area contributed by atoms with Crippen molar-refractivity contribution in [2.45, 2.75) is 31.5 Å². The van der Waals surface area contributed by atoms with Crippen molar-refractivity contribution in [3.63, 3.8) is 0 Å². The van der Waals surface area contributed by atoms with Gasteiger partial charge in [-0.2, -0.15) is 13.2 Å². The van der Waals surface area contributed by atoms with Crippen molar-refractivity contribution in [1.29, 1.82) is 0 Å². The van der Waals surface area contributed by atoms with E-state index in [9.17, 15) is 42.2 Å². The highest BCUT2D eigenvalue weighted by Gasteiger charge is 2.39. The van der Waals surface area contributed by atoms with Crippen LogP contribution in [0, 0.1) is 11.7 Å². The van der Waals surface area contributed by atoms with E-state index in [-0.39, 0.29) is 30.5 Å². The topological polar surface area (TPSA) is 94.9 Å². The number of carbonyl (C=O) groups is 3. The first kappa shape index (κ1) is 27.0. The number of hydrogen-bond acceptors (Lipinski definition) is 4. The molecule has 2 amide bonds. The molecule has 3 aromatic rings. The highest BCUT2D eigenvalue weighted by molar-refractivity contribution is 6.21. The van der Waals surface area contributed by atoms with E-state index in [0.717, 1.165) is 28.7 Å². The summed E-state index contributed by atoms with van der Waals surface area (Å²) in [6.45, 7) is -0.290. The Morgan fingerprint density at radius 1 is 0.868 bits per heavy atom. The molecule has 0 spiro atoms. The van der Waals surface area contributed by atoms with Gasteiger partial charge in [-0.15, -0.1) is 0 Å².